The fraction of sp³-hybridized carbons (Fsp3) is 0.400. The van der Waals surface area contributed by atoms with Crippen molar-refractivity contribution in [2.75, 3.05) is 23.9 Å². The highest BCUT2D eigenvalue weighted by molar-refractivity contribution is 7.16. The molecule has 0 N–H and O–H groups in total. The van der Waals surface area contributed by atoms with Crippen LogP contribution in [0.1, 0.15) is 0 Å². The number of alkyl halides is 4. The van der Waals surface area contributed by atoms with Crippen LogP contribution in [0.2, 0.25) is 0 Å². The van der Waals surface area contributed by atoms with Crippen molar-refractivity contribution in [2.24, 2.45) is 0 Å². The molecule has 2 heterocycles. The Morgan fingerprint density at radius 2 is 2.11 bits per heavy atom. The lowest BCUT2D eigenvalue weighted by molar-refractivity contribution is -0.119. The van der Waals surface area contributed by atoms with Crippen molar-refractivity contribution in [3.63, 3.8) is 0 Å². The summed E-state index contributed by atoms with van der Waals surface area (Å²) in [5.74, 6) is 0.380. The molecule has 0 spiro atoms. The van der Waals surface area contributed by atoms with Crippen LogP contribution in [-0.4, -0.2) is 35.1 Å². The Balaban J connectivity index is 2.38. The molecule has 0 aliphatic rings. The lowest BCUT2D eigenvalue weighted by Crippen LogP contribution is -2.36. The third kappa shape index (κ3) is 3.02. The number of aromatic nitrogens is 2. The van der Waals surface area contributed by atoms with Gasteiger partial charge < -0.3 is 4.90 Å². The number of thiophene rings is 1. The zero-order chi connectivity index (χ0) is 13.2. The summed E-state index contributed by atoms with van der Waals surface area (Å²) in [6, 6.07) is 1.72. The van der Waals surface area contributed by atoms with Crippen LogP contribution in [0.5, 0.6) is 0 Å². The lowest BCUT2D eigenvalue weighted by atomic mass is 10.3. The van der Waals surface area contributed by atoms with Crippen molar-refractivity contribution in [1.29, 1.82) is 0 Å². The van der Waals surface area contributed by atoms with Gasteiger partial charge in [-0.15, -0.1) is 22.9 Å². The molecule has 0 saturated carbocycles. The van der Waals surface area contributed by atoms with Crippen molar-refractivity contribution in [3.05, 3.63) is 17.8 Å². The molecule has 0 amide bonds. The van der Waals surface area contributed by atoms with Crippen LogP contribution < -0.4 is 4.90 Å². The average molecular weight is 296 g/mol. The van der Waals surface area contributed by atoms with Gasteiger partial charge in [-0.1, -0.05) is 0 Å². The summed E-state index contributed by atoms with van der Waals surface area (Å²) in [7, 11) is 0. The SMILES string of the molecule is FC(F)(F)CN(CCCl)c1ncnc2sccc12. The first kappa shape index (κ1) is 13.4. The zero-order valence-electron chi connectivity index (χ0n) is 9.12. The van der Waals surface area contributed by atoms with Crippen LogP contribution in [-0.2, 0) is 0 Å². The predicted molar refractivity (Wildman–Crippen MR) is 66.4 cm³/mol. The van der Waals surface area contributed by atoms with Crippen molar-refractivity contribution in [2.45, 2.75) is 6.18 Å². The topological polar surface area (TPSA) is 29.0 Å². The number of anilines is 1. The molecule has 2 rings (SSSR count). The molecule has 0 aliphatic heterocycles. The molecular weight excluding hydrogens is 287 g/mol. The molecule has 18 heavy (non-hydrogen) atoms. The Bertz CT molecular complexity index is 528. The minimum absolute atomic E-state index is 0.0863. The number of fused-ring (bicyclic) bond motifs is 1. The van der Waals surface area contributed by atoms with E-state index in [-0.39, 0.29) is 18.2 Å². The highest BCUT2D eigenvalue weighted by Gasteiger charge is 2.31. The first-order valence-corrected chi connectivity index (χ1v) is 6.48. The molecule has 0 unspecified atom stereocenters. The predicted octanol–water partition coefficient (Wildman–Crippen LogP) is 3.30. The van der Waals surface area contributed by atoms with Gasteiger partial charge in [0.1, 0.15) is 23.5 Å². The minimum atomic E-state index is -4.29. The summed E-state index contributed by atoms with van der Waals surface area (Å²) in [5.41, 5.74) is 0. The second kappa shape index (κ2) is 5.27. The van der Waals surface area contributed by atoms with Gasteiger partial charge in [0, 0.05) is 12.4 Å². The average Bonchev–Trinajstić information content (AvgIpc) is 2.74. The van der Waals surface area contributed by atoms with Gasteiger partial charge in [0.05, 0.1) is 5.39 Å². The molecule has 3 nitrogen and oxygen atoms in total. The highest BCUT2D eigenvalue weighted by atomic mass is 35.5. The maximum atomic E-state index is 12.5. The molecule has 8 heteroatoms. The number of halogens is 4. The van der Waals surface area contributed by atoms with Gasteiger partial charge in [0.2, 0.25) is 0 Å². The third-order valence-corrected chi connectivity index (χ3v) is 3.25. The monoisotopic (exact) mass is 295 g/mol. The molecule has 2 aromatic rings. The maximum Gasteiger partial charge on any atom is 0.405 e. The van der Waals surface area contributed by atoms with Gasteiger partial charge >= 0.3 is 6.18 Å². The lowest BCUT2D eigenvalue weighted by Gasteiger charge is -2.24. The van der Waals surface area contributed by atoms with E-state index in [1.165, 1.54) is 17.7 Å². The molecule has 2 aromatic heterocycles. The van der Waals surface area contributed by atoms with Crippen LogP contribution in [0, 0.1) is 0 Å². The van der Waals surface area contributed by atoms with E-state index in [0.717, 1.165) is 4.90 Å². The highest BCUT2D eigenvalue weighted by Crippen LogP contribution is 2.28. The first-order valence-electron chi connectivity index (χ1n) is 5.07. The summed E-state index contributed by atoms with van der Waals surface area (Å²) in [6.45, 7) is -0.981. The minimum Gasteiger partial charge on any atom is -0.346 e. The molecule has 0 atom stereocenters. The molecule has 0 fully saturated rings. The van der Waals surface area contributed by atoms with E-state index in [1.807, 2.05) is 0 Å². The van der Waals surface area contributed by atoms with Gasteiger partial charge in [-0.25, -0.2) is 9.97 Å². The summed E-state index contributed by atoms with van der Waals surface area (Å²) >= 11 is 6.91. The third-order valence-electron chi connectivity index (χ3n) is 2.26. The van der Waals surface area contributed by atoms with Crippen molar-refractivity contribution in [3.8, 4) is 0 Å². The summed E-state index contributed by atoms with van der Waals surface area (Å²) < 4.78 is 37.5. The number of hydrogen-bond donors (Lipinski definition) is 0. The van der Waals surface area contributed by atoms with Crippen LogP contribution >= 0.6 is 22.9 Å². The van der Waals surface area contributed by atoms with E-state index in [4.69, 9.17) is 11.6 Å². The van der Waals surface area contributed by atoms with Crippen molar-refractivity contribution in [1.82, 2.24) is 9.97 Å². The van der Waals surface area contributed by atoms with E-state index in [2.05, 4.69) is 9.97 Å². The normalized spacial score (nSPS) is 12.0. The fourth-order valence-corrected chi connectivity index (χ4v) is 2.54. The smallest absolute Gasteiger partial charge is 0.346 e. The standard InChI is InChI=1S/C10H9ClF3N3S/c11-2-3-17(5-10(12,13)14)8-7-1-4-18-9(7)16-6-15-8/h1,4,6H,2-3,5H2. The van der Waals surface area contributed by atoms with Gasteiger partial charge in [-0.05, 0) is 11.4 Å². The van der Waals surface area contributed by atoms with Gasteiger partial charge in [-0.3, -0.25) is 0 Å². The molecule has 0 radical (unpaired) electrons. The van der Waals surface area contributed by atoms with E-state index < -0.39 is 12.7 Å². The Morgan fingerprint density at radius 3 is 2.78 bits per heavy atom. The molecule has 0 aromatic carbocycles. The van der Waals surface area contributed by atoms with Crippen LogP contribution in [0.25, 0.3) is 10.2 Å². The second-order valence-corrected chi connectivity index (χ2v) is 4.83. The number of nitrogens with zero attached hydrogens (tertiary/aromatic N) is 3. The molecule has 98 valence electrons. The molecule has 0 aliphatic carbocycles. The molecular formula is C10H9ClF3N3S. The Kier molecular flexibility index (Phi) is 3.91. The Hall–Kier alpha value is -1.08. The second-order valence-electron chi connectivity index (χ2n) is 3.56. The van der Waals surface area contributed by atoms with Crippen molar-refractivity contribution < 1.29 is 13.2 Å². The van der Waals surface area contributed by atoms with Crippen molar-refractivity contribution >= 4 is 39.0 Å². The molecule has 0 saturated heterocycles. The van der Waals surface area contributed by atoms with Gasteiger partial charge in [-0.2, -0.15) is 13.2 Å². The van der Waals surface area contributed by atoms with Gasteiger partial charge in [0.25, 0.3) is 0 Å². The summed E-state index contributed by atoms with van der Waals surface area (Å²) in [4.78, 5) is 9.75. The van der Waals surface area contributed by atoms with Gasteiger partial charge in [0.15, 0.2) is 0 Å². The summed E-state index contributed by atoms with van der Waals surface area (Å²) in [6.07, 6.45) is -3.02. The van der Waals surface area contributed by atoms with Crippen LogP contribution in [0.4, 0.5) is 19.0 Å². The largest absolute Gasteiger partial charge is 0.405 e. The number of hydrogen-bond acceptors (Lipinski definition) is 4. The first-order chi connectivity index (χ1) is 8.51. The quantitative estimate of drug-likeness (QED) is 0.811. The van der Waals surface area contributed by atoms with Crippen LogP contribution in [0.3, 0.4) is 0 Å². The van der Waals surface area contributed by atoms with E-state index in [1.54, 1.807) is 11.4 Å². The number of rotatable bonds is 4. The Labute approximate surface area is 110 Å². The fourth-order valence-electron chi connectivity index (χ4n) is 1.61. The van der Waals surface area contributed by atoms with E-state index in [0.29, 0.717) is 10.2 Å². The van der Waals surface area contributed by atoms with Crippen LogP contribution in [0.15, 0.2) is 17.8 Å². The molecule has 0 bridgehead atoms. The van der Waals surface area contributed by atoms with E-state index in [9.17, 15) is 13.2 Å². The van der Waals surface area contributed by atoms with E-state index >= 15 is 0 Å². The zero-order valence-corrected chi connectivity index (χ0v) is 10.7. The summed E-state index contributed by atoms with van der Waals surface area (Å²) in [5, 5.41) is 2.40. The Morgan fingerprint density at radius 1 is 1.33 bits per heavy atom. The maximum absolute atomic E-state index is 12.5.